The van der Waals surface area contributed by atoms with E-state index >= 15 is 0 Å². The third kappa shape index (κ3) is 4.09. The summed E-state index contributed by atoms with van der Waals surface area (Å²) < 4.78 is 13.3. The molecule has 11 heteroatoms. The molecule has 0 aliphatic carbocycles. The molecule has 1 amide bonds. The van der Waals surface area contributed by atoms with Crippen LogP contribution in [-0.4, -0.2) is 38.7 Å². The van der Waals surface area contributed by atoms with E-state index < -0.39 is 47.0 Å². The summed E-state index contributed by atoms with van der Waals surface area (Å²) in [4.78, 5) is 42.9. The molecule has 1 unspecified atom stereocenters. The molecule has 0 saturated carbocycles. The Hall–Kier alpha value is -2.92. The first-order chi connectivity index (χ1) is 15.1. The standard InChI is InChI=1S/C21H20BrN3O6S/c1-21(2,3)31-14(26)7-24-19(28)15-17(27)10-4-5-11(22)18-16(10)25(20(15)29)8-12(30-18)13-6-23-9-32-13/h4-6,9,12,27H,7-8H2,1-3H3,(H,24,28). The number of esters is 1. The second-order valence-electron chi connectivity index (χ2n) is 8.19. The topological polar surface area (TPSA) is 120 Å². The van der Waals surface area contributed by atoms with Crippen LogP contribution in [0.4, 0.5) is 0 Å². The zero-order valence-electron chi connectivity index (χ0n) is 17.5. The Balaban J connectivity index is 1.75. The maximum absolute atomic E-state index is 13.3. The number of aromatic nitrogens is 2. The van der Waals surface area contributed by atoms with E-state index in [4.69, 9.17) is 9.47 Å². The van der Waals surface area contributed by atoms with Crippen molar-refractivity contribution in [3.05, 3.63) is 49.1 Å². The van der Waals surface area contributed by atoms with Gasteiger partial charge in [-0.05, 0) is 48.8 Å². The molecule has 3 aromatic rings. The first-order valence-electron chi connectivity index (χ1n) is 9.70. The van der Waals surface area contributed by atoms with Crippen molar-refractivity contribution in [1.29, 1.82) is 0 Å². The van der Waals surface area contributed by atoms with Gasteiger partial charge in [-0.25, -0.2) is 0 Å². The van der Waals surface area contributed by atoms with Crippen molar-refractivity contribution in [2.75, 3.05) is 6.54 Å². The number of aromatic hydroxyl groups is 1. The average molecular weight is 522 g/mol. The third-order valence-corrected chi connectivity index (χ3v) is 6.21. The molecule has 0 fully saturated rings. The number of carbonyl (C=O) groups excluding carboxylic acids is 2. The number of hydrogen-bond donors (Lipinski definition) is 2. The summed E-state index contributed by atoms with van der Waals surface area (Å²) in [5.41, 5.74) is 0.199. The molecule has 1 atom stereocenters. The van der Waals surface area contributed by atoms with Crippen LogP contribution < -0.4 is 15.6 Å². The molecule has 0 radical (unpaired) electrons. The number of rotatable bonds is 4. The van der Waals surface area contributed by atoms with Crippen LogP contribution in [0.3, 0.4) is 0 Å². The Morgan fingerprint density at radius 1 is 1.41 bits per heavy atom. The van der Waals surface area contributed by atoms with Gasteiger partial charge < -0.3 is 19.9 Å². The summed E-state index contributed by atoms with van der Waals surface area (Å²) in [6, 6.07) is 3.26. The van der Waals surface area contributed by atoms with Gasteiger partial charge in [-0.1, -0.05) is 0 Å². The number of nitrogens with zero attached hydrogens (tertiary/aromatic N) is 2. The number of ether oxygens (including phenoxy) is 2. The minimum Gasteiger partial charge on any atom is -0.506 e. The lowest BCUT2D eigenvalue weighted by Gasteiger charge is -2.28. The highest BCUT2D eigenvalue weighted by Crippen LogP contribution is 2.43. The lowest BCUT2D eigenvalue weighted by Crippen LogP contribution is -2.39. The second kappa shape index (κ2) is 8.21. The number of nitrogens with one attached hydrogen (secondary N) is 1. The fourth-order valence-corrected chi connectivity index (χ4v) is 4.52. The minimum absolute atomic E-state index is 0.133. The molecule has 0 spiro atoms. The van der Waals surface area contributed by atoms with Gasteiger partial charge in [-0.3, -0.25) is 23.9 Å². The molecular weight excluding hydrogens is 502 g/mol. The van der Waals surface area contributed by atoms with Crippen LogP contribution in [-0.2, 0) is 16.1 Å². The molecule has 168 valence electrons. The van der Waals surface area contributed by atoms with Gasteiger partial charge in [0, 0.05) is 11.6 Å². The summed E-state index contributed by atoms with van der Waals surface area (Å²) in [6.45, 7) is 4.81. The Morgan fingerprint density at radius 2 is 2.16 bits per heavy atom. The van der Waals surface area contributed by atoms with Gasteiger partial charge in [0.15, 0.2) is 11.9 Å². The van der Waals surface area contributed by atoms with Gasteiger partial charge in [0.1, 0.15) is 23.5 Å². The van der Waals surface area contributed by atoms with Gasteiger partial charge in [-0.15, -0.1) is 11.3 Å². The number of benzene rings is 1. The molecule has 2 aromatic heterocycles. The zero-order chi connectivity index (χ0) is 23.2. The van der Waals surface area contributed by atoms with Crippen molar-refractivity contribution >= 4 is 50.0 Å². The third-order valence-electron chi connectivity index (χ3n) is 4.72. The SMILES string of the molecule is CC(C)(C)OC(=O)CNC(=O)c1c(O)c2ccc(Br)c3c2n(c1=O)CC(c1cncs1)O3. The quantitative estimate of drug-likeness (QED) is 0.506. The number of thiazole rings is 1. The Labute approximate surface area is 195 Å². The Bertz CT molecular complexity index is 1280. The zero-order valence-corrected chi connectivity index (χ0v) is 19.9. The van der Waals surface area contributed by atoms with Crippen LogP contribution in [0.25, 0.3) is 10.9 Å². The number of amides is 1. The summed E-state index contributed by atoms with van der Waals surface area (Å²) in [5.74, 6) is -1.61. The molecule has 0 saturated heterocycles. The van der Waals surface area contributed by atoms with Gasteiger partial charge >= 0.3 is 5.97 Å². The summed E-state index contributed by atoms with van der Waals surface area (Å²) in [7, 11) is 0. The molecule has 9 nitrogen and oxygen atoms in total. The Kier molecular flexibility index (Phi) is 5.72. The molecule has 2 N–H and O–H groups in total. The molecule has 1 aliphatic heterocycles. The number of pyridine rings is 1. The summed E-state index contributed by atoms with van der Waals surface area (Å²) in [5, 5.41) is 13.4. The van der Waals surface area contributed by atoms with E-state index in [1.54, 1.807) is 44.6 Å². The van der Waals surface area contributed by atoms with E-state index in [2.05, 4.69) is 26.2 Å². The first-order valence-corrected chi connectivity index (χ1v) is 11.4. The summed E-state index contributed by atoms with van der Waals surface area (Å²) >= 11 is 4.82. The van der Waals surface area contributed by atoms with E-state index in [1.165, 1.54) is 15.9 Å². The molecule has 1 aromatic carbocycles. The van der Waals surface area contributed by atoms with Crippen LogP contribution in [0.2, 0.25) is 0 Å². The van der Waals surface area contributed by atoms with Crippen LogP contribution in [0.5, 0.6) is 11.5 Å². The fraction of sp³-hybridized carbons (Fsp3) is 0.333. The lowest BCUT2D eigenvalue weighted by molar-refractivity contribution is -0.153. The van der Waals surface area contributed by atoms with Crippen molar-refractivity contribution in [3.8, 4) is 11.5 Å². The highest BCUT2D eigenvalue weighted by Gasteiger charge is 2.32. The number of halogens is 1. The van der Waals surface area contributed by atoms with Crippen molar-refractivity contribution in [3.63, 3.8) is 0 Å². The fourth-order valence-electron chi connectivity index (χ4n) is 3.47. The van der Waals surface area contributed by atoms with Crippen molar-refractivity contribution in [1.82, 2.24) is 14.9 Å². The van der Waals surface area contributed by atoms with Crippen LogP contribution in [0.1, 0.15) is 42.1 Å². The van der Waals surface area contributed by atoms with Crippen LogP contribution in [0.15, 0.2) is 33.1 Å². The maximum Gasteiger partial charge on any atom is 0.325 e. The van der Waals surface area contributed by atoms with Crippen molar-refractivity contribution in [2.24, 2.45) is 0 Å². The monoisotopic (exact) mass is 521 g/mol. The van der Waals surface area contributed by atoms with E-state index in [1.807, 2.05) is 0 Å². The first kappa shape index (κ1) is 22.3. The maximum atomic E-state index is 13.3. The van der Waals surface area contributed by atoms with Gasteiger partial charge in [0.2, 0.25) is 0 Å². The highest BCUT2D eigenvalue weighted by molar-refractivity contribution is 9.10. The molecule has 0 bridgehead atoms. The predicted octanol–water partition coefficient (Wildman–Crippen LogP) is 3.13. The predicted molar refractivity (Wildman–Crippen MR) is 121 cm³/mol. The van der Waals surface area contributed by atoms with E-state index in [0.717, 1.165) is 4.88 Å². The molecule has 1 aliphatic rings. The normalized spacial score (nSPS) is 15.3. The molecule has 32 heavy (non-hydrogen) atoms. The highest BCUT2D eigenvalue weighted by atomic mass is 79.9. The minimum atomic E-state index is -0.866. The smallest absolute Gasteiger partial charge is 0.325 e. The van der Waals surface area contributed by atoms with Crippen molar-refractivity contribution in [2.45, 2.75) is 39.0 Å². The number of carbonyl (C=O) groups is 2. The molecule has 4 rings (SSSR count). The largest absolute Gasteiger partial charge is 0.506 e. The second-order valence-corrected chi connectivity index (χ2v) is 9.96. The van der Waals surface area contributed by atoms with Gasteiger partial charge in [-0.2, -0.15) is 0 Å². The molecule has 3 heterocycles. The van der Waals surface area contributed by atoms with Gasteiger partial charge in [0.05, 0.1) is 26.9 Å². The van der Waals surface area contributed by atoms with E-state index in [0.29, 0.717) is 15.7 Å². The van der Waals surface area contributed by atoms with Gasteiger partial charge in [0.25, 0.3) is 11.5 Å². The lowest BCUT2D eigenvalue weighted by atomic mass is 10.1. The van der Waals surface area contributed by atoms with Crippen LogP contribution >= 0.6 is 27.3 Å². The average Bonchev–Trinajstić information content (AvgIpc) is 3.25. The van der Waals surface area contributed by atoms with Crippen LogP contribution in [0, 0.1) is 0 Å². The van der Waals surface area contributed by atoms with Crippen molar-refractivity contribution < 1.29 is 24.2 Å². The Morgan fingerprint density at radius 3 is 2.81 bits per heavy atom. The van der Waals surface area contributed by atoms with E-state index in [-0.39, 0.29) is 11.9 Å². The summed E-state index contributed by atoms with van der Waals surface area (Å²) in [6.07, 6.45) is 1.17. The molecular formula is C21H20BrN3O6S. The number of hydrogen-bond acceptors (Lipinski definition) is 8. The van der Waals surface area contributed by atoms with E-state index in [9.17, 15) is 19.5 Å².